The van der Waals surface area contributed by atoms with Crippen LogP contribution in [0.5, 0.6) is 0 Å². The maximum Gasteiger partial charge on any atom is 0.00452 e. The molecule has 1 unspecified atom stereocenters. The van der Waals surface area contributed by atoms with Crippen molar-refractivity contribution in [2.75, 3.05) is 0 Å². The van der Waals surface area contributed by atoms with Gasteiger partial charge in [0.15, 0.2) is 0 Å². The van der Waals surface area contributed by atoms with Crippen LogP contribution in [0, 0.1) is 5.92 Å². The molecule has 0 bridgehead atoms. The number of thiocarbonyl (C=S) groups is 1. The van der Waals surface area contributed by atoms with Crippen molar-refractivity contribution < 1.29 is 0 Å². The normalized spacial score (nSPS) is 25.3. The molecule has 86 valence electrons. The van der Waals surface area contributed by atoms with Gasteiger partial charge in [-0.1, -0.05) is 36.5 Å². The fourth-order valence-corrected chi connectivity index (χ4v) is 2.39. The first-order chi connectivity index (χ1) is 7.72. The first-order valence-electron chi connectivity index (χ1n) is 5.59. The highest BCUT2D eigenvalue weighted by atomic mass is 32.1. The van der Waals surface area contributed by atoms with Crippen LogP contribution < -0.4 is 5.73 Å². The molecule has 1 atom stereocenters. The summed E-state index contributed by atoms with van der Waals surface area (Å²) in [4.78, 5) is 0. The zero-order chi connectivity index (χ0) is 12.0. The zero-order valence-electron chi connectivity index (χ0n) is 9.78. The molecule has 2 heteroatoms. The summed E-state index contributed by atoms with van der Waals surface area (Å²) in [5.74, 6) is 0.547. The molecule has 0 amide bonds. The van der Waals surface area contributed by atoms with Gasteiger partial charge in [-0.3, -0.25) is 0 Å². The Labute approximate surface area is 103 Å². The second kappa shape index (κ2) is 6.44. The van der Waals surface area contributed by atoms with Gasteiger partial charge in [0.2, 0.25) is 0 Å². The summed E-state index contributed by atoms with van der Waals surface area (Å²) in [6, 6.07) is 0. The first-order valence-corrected chi connectivity index (χ1v) is 6.07. The lowest BCUT2D eigenvalue weighted by molar-refractivity contribution is 0.538. The van der Waals surface area contributed by atoms with Crippen LogP contribution >= 0.6 is 12.2 Å². The molecule has 1 fully saturated rings. The van der Waals surface area contributed by atoms with E-state index in [1.807, 2.05) is 13.0 Å². The Morgan fingerprint density at radius 2 is 2.31 bits per heavy atom. The van der Waals surface area contributed by atoms with E-state index < -0.39 is 0 Å². The molecule has 2 N–H and O–H groups in total. The van der Waals surface area contributed by atoms with Crippen LogP contribution in [0.4, 0.5) is 0 Å². The van der Waals surface area contributed by atoms with Gasteiger partial charge in [-0.25, -0.2) is 0 Å². The number of hydrogen-bond acceptors (Lipinski definition) is 2. The highest BCUT2D eigenvalue weighted by Crippen LogP contribution is 2.35. The Kier molecular flexibility index (Phi) is 5.20. The third kappa shape index (κ3) is 3.17. The minimum atomic E-state index is 0.547. The van der Waals surface area contributed by atoms with Gasteiger partial charge in [0, 0.05) is 5.37 Å². The van der Waals surface area contributed by atoms with Crippen molar-refractivity contribution in [3.8, 4) is 0 Å². The highest BCUT2D eigenvalue weighted by molar-refractivity contribution is 7.79. The van der Waals surface area contributed by atoms with Crippen molar-refractivity contribution in [2.45, 2.75) is 26.2 Å². The van der Waals surface area contributed by atoms with Crippen LogP contribution in [-0.2, 0) is 0 Å². The van der Waals surface area contributed by atoms with Gasteiger partial charge < -0.3 is 5.73 Å². The maximum atomic E-state index is 5.35. The van der Waals surface area contributed by atoms with Crippen LogP contribution in [0.15, 0.2) is 47.7 Å². The van der Waals surface area contributed by atoms with Crippen LogP contribution in [0.2, 0.25) is 0 Å². The Morgan fingerprint density at radius 3 is 2.88 bits per heavy atom. The third-order valence-electron chi connectivity index (χ3n) is 3.06. The molecule has 1 aliphatic rings. The molecule has 0 radical (unpaired) electrons. The predicted molar refractivity (Wildman–Crippen MR) is 75.3 cm³/mol. The van der Waals surface area contributed by atoms with E-state index in [4.69, 9.17) is 18.0 Å². The fraction of sp³-hybridized carbons (Fsp3) is 0.357. The Morgan fingerprint density at radius 1 is 1.56 bits per heavy atom. The molecule has 1 nitrogen and oxygen atoms in total. The number of nitrogens with two attached hydrogens (primary N) is 1. The van der Waals surface area contributed by atoms with Crippen LogP contribution in [0.25, 0.3) is 0 Å². The molecular formula is C14H19NS. The van der Waals surface area contributed by atoms with Crippen molar-refractivity contribution in [1.29, 1.82) is 0 Å². The largest absolute Gasteiger partial charge is 0.405 e. The van der Waals surface area contributed by atoms with Crippen molar-refractivity contribution in [3.05, 3.63) is 47.7 Å². The Balaban J connectivity index is 2.82. The number of hydrogen-bond donors (Lipinski definition) is 1. The van der Waals surface area contributed by atoms with Crippen molar-refractivity contribution in [3.63, 3.8) is 0 Å². The zero-order valence-corrected chi connectivity index (χ0v) is 10.6. The second-order valence-corrected chi connectivity index (χ2v) is 4.26. The smallest absolute Gasteiger partial charge is 0.00452 e. The molecule has 0 aromatic rings. The van der Waals surface area contributed by atoms with E-state index in [-0.39, 0.29) is 0 Å². The average Bonchev–Trinajstić information content (AvgIpc) is 2.31. The van der Waals surface area contributed by atoms with Gasteiger partial charge in [0.05, 0.1) is 0 Å². The molecule has 1 rings (SSSR count). The van der Waals surface area contributed by atoms with E-state index in [9.17, 15) is 0 Å². The first kappa shape index (κ1) is 12.9. The molecule has 0 aliphatic heterocycles. The summed E-state index contributed by atoms with van der Waals surface area (Å²) < 4.78 is 0. The second-order valence-electron chi connectivity index (χ2n) is 4.03. The summed E-state index contributed by atoms with van der Waals surface area (Å²) >= 11 is 5.04. The Hall–Kier alpha value is -1.15. The van der Waals surface area contributed by atoms with Crippen molar-refractivity contribution >= 4 is 17.6 Å². The SMILES string of the molecule is C=C1CCC(/C(C=S)=C/C)C/C1=C/C=C\N. The highest BCUT2D eigenvalue weighted by Gasteiger charge is 2.20. The molecule has 0 saturated heterocycles. The van der Waals surface area contributed by atoms with E-state index in [0.717, 1.165) is 19.3 Å². The van der Waals surface area contributed by atoms with Gasteiger partial charge in [-0.15, -0.1) is 0 Å². The third-order valence-corrected chi connectivity index (χ3v) is 3.34. The van der Waals surface area contributed by atoms with Gasteiger partial charge >= 0.3 is 0 Å². The lowest BCUT2D eigenvalue weighted by Crippen LogP contribution is -2.13. The van der Waals surface area contributed by atoms with Crippen LogP contribution in [0.3, 0.4) is 0 Å². The summed E-state index contributed by atoms with van der Waals surface area (Å²) in [7, 11) is 0. The van der Waals surface area contributed by atoms with E-state index in [1.165, 1.54) is 16.7 Å². The quantitative estimate of drug-likeness (QED) is 0.594. The predicted octanol–water partition coefficient (Wildman–Crippen LogP) is 3.69. The van der Waals surface area contributed by atoms with Gasteiger partial charge in [0.1, 0.15) is 0 Å². The van der Waals surface area contributed by atoms with Gasteiger partial charge in [0.25, 0.3) is 0 Å². The fourth-order valence-electron chi connectivity index (χ4n) is 2.06. The van der Waals surface area contributed by atoms with Gasteiger partial charge in [-0.05, 0) is 55.5 Å². The van der Waals surface area contributed by atoms with Gasteiger partial charge in [-0.2, -0.15) is 0 Å². The topological polar surface area (TPSA) is 26.0 Å². The summed E-state index contributed by atoms with van der Waals surface area (Å²) in [6.45, 7) is 6.14. The molecule has 1 saturated carbocycles. The van der Waals surface area contributed by atoms with E-state index in [1.54, 1.807) is 11.6 Å². The summed E-state index contributed by atoms with van der Waals surface area (Å²) in [5, 5.41) is 1.80. The average molecular weight is 233 g/mol. The van der Waals surface area contributed by atoms with E-state index >= 15 is 0 Å². The molecule has 0 aromatic carbocycles. The molecule has 16 heavy (non-hydrogen) atoms. The van der Waals surface area contributed by atoms with Crippen LogP contribution in [0.1, 0.15) is 26.2 Å². The Bertz CT molecular complexity index is 361. The summed E-state index contributed by atoms with van der Waals surface area (Å²) in [6.07, 6.45) is 10.8. The van der Waals surface area contributed by atoms with E-state index in [2.05, 4.69) is 18.7 Å². The molecule has 0 aromatic heterocycles. The minimum absolute atomic E-state index is 0.547. The molecule has 0 heterocycles. The standard InChI is InChI=1S/C14H19NS/c1-3-12(10-16)14-7-6-11(2)13(9-14)5-4-8-15/h3-5,8,10,14H,2,6-7,9,15H2,1H3/b8-4-,12-3+,13-5-. The van der Waals surface area contributed by atoms with Crippen molar-refractivity contribution in [1.82, 2.24) is 0 Å². The van der Waals surface area contributed by atoms with E-state index in [0.29, 0.717) is 5.92 Å². The number of allylic oxidation sites excluding steroid dienone is 6. The molecule has 0 spiro atoms. The summed E-state index contributed by atoms with van der Waals surface area (Å²) in [5.41, 5.74) is 9.15. The van der Waals surface area contributed by atoms with Crippen molar-refractivity contribution in [2.24, 2.45) is 11.7 Å². The maximum absolute atomic E-state index is 5.35. The monoisotopic (exact) mass is 233 g/mol. The lowest BCUT2D eigenvalue weighted by Gasteiger charge is -2.26. The number of rotatable bonds is 3. The minimum Gasteiger partial charge on any atom is -0.405 e. The molecular weight excluding hydrogens is 214 g/mol. The molecule has 1 aliphatic carbocycles. The van der Waals surface area contributed by atoms with Crippen LogP contribution in [-0.4, -0.2) is 5.37 Å². The lowest BCUT2D eigenvalue weighted by atomic mass is 9.79.